The number of carboxylic acids is 1. The summed E-state index contributed by atoms with van der Waals surface area (Å²) in [5.74, 6) is -0.808. The third-order valence-electron chi connectivity index (χ3n) is 4.37. The van der Waals surface area contributed by atoms with E-state index in [1.807, 2.05) is 30.3 Å². The van der Waals surface area contributed by atoms with Gasteiger partial charge in [-0.25, -0.2) is 4.79 Å². The molecular weight excluding hydrogens is 342 g/mol. The van der Waals surface area contributed by atoms with Crippen molar-refractivity contribution in [2.24, 2.45) is 0 Å². The highest BCUT2D eigenvalue weighted by atomic mass is 16.4. The molecule has 0 saturated heterocycles. The van der Waals surface area contributed by atoms with Crippen LogP contribution in [0.1, 0.15) is 32.9 Å². The Bertz CT molecular complexity index is 915. The first kappa shape index (κ1) is 18.5. The van der Waals surface area contributed by atoms with Crippen LogP contribution in [0, 0.1) is 0 Å². The minimum atomic E-state index is -0.920. The van der Waals surface area contributed by atoms with Crippen molar-refractivity contribution in [2.45, 2.75) is 25.7 Å². The standard InChI is InChI=1S/C22H21NO4/c24-20-12-16(13-21(25)14-20)7-11-19-3-1-2-18(23-19)10-6-15-4-8-17(9-5-15)22(26)27/h1-5,8-9,12-14,24-25H,6-7,10-11H2,(H,26,27). The topological polar surface area (TPSA) is 90.7 Å². The summed E-state index contributed by atoms with van der Waals surface area (Å²) < 4.78 is 0. The summed E-state index contributed by atoms with van der Waals surface area (Å²) >= 11 is 0. The predicted molar refractivity (Wildman–Crippen MR) is 102 cm³/mol. The summed E-state index contributed by atoms with van der Waals surface area (Å²) in [5.41, 5.74) is 4.16. The van der Waals surface area contributed by atoms with E-state index >= 15 is 0 Å². The molecule has 0 bridgehead atoms. The molecule has 0 aliphatic carbocycles. The Labute approximate surface area is 157 Å². The molecule has 27 heavy (non-hydrogen) atoms. The highest BCUT2D eigenvalue weighted by Crippen LogP contribution is 2.21. The Hall–Kier alpha value is -3.34. The Morgan fingerprint density at radius 1 is 0.741 bits per heavy atom. The fourth-order valence-corrected chi connectivity index (χ4v) is 2.97. The fourth-order valence-electron chi connectivity index (χ4n) is 2.97. The van der Waals surface area contributed by atoms with Crippen molar-refractivity contribution in [1.29, 1.82) is 0 Å². The average molecular weight is 363 g/mol. The third-order valence-corrected chi connectivity index (χ3v) is 4.37. The molecule has 0 aliphatic rings. The van der Waals surface area contributed by atoms with Gasteiger partial charge in [-0.15, -0.1) is 0 Å². The van der Waals surface area contributed by atoms with Gasteiger partial charge in [-0.1, -0.05) is 18.2 Å². The fraction of sp³-hybridized carbons (Fsp3) is 0.182. The van der Waals surface area contributed by atoms with Crippen molar-refractivity contribution in [2.75, 3.05) is 0 Å². The number of phenolic OH excluding ortho intramolecular Hbond substituents is 2. The van der Waals surface area contributed by atoms with Crippen molar-refractivity contribution in [1.82, 2.24) is 4.98 Å². The second-order valence-electron chi connectivity index (χ2n) is 6.48. The maximum Gasteiger partial charge on any atom is 0.335 e. The Balaban J connectivity index is 1.59. The molecule has 0 spiro atoms. The van der Waals surface area contributed by atoms with Crippen LogP contribution in [-0.2, 0) is 25.7 Å². The third kappa shape index (κ3) is 5.31. The van der Waals surface area contributed by atoms with Crippen LogP contribution in [0.25, 0.3) is 0 Å². The van der Waals surface area contributed by atoms with E-state index in [1.165, 1.54) is 6.07 Å². The number of rotatable bonds is 7. The van der Waals surface area contributed by atoms with Gasteiger partial charge >= 0.3 is 5.97 Å². The lowest BCUT2D eigenvalue weighted by Crippen LogP contribution is -2.00. The van der Waals surface area contributed by atoms with Crippen molar-refractivity contribution < 1.29 is 20.1 Å². The molecule has 3 N–H and O–H groups in total. The van der Waals surface area contributed by atoms with Crippen LogP contribution in [0.2, 0.25) is 0 Å². The molecule has 3 aromatic rings. The number of aryl methyl sites for hydroxylation is 4. The van der Waals surface area contributed by atoms with E-state index in [0.717, 1.165) is 35.4 Å². The van der Waals surface area contributed by atoms with Crippen molar-refractivity contribution in [3.05, 3.63) is 88.7 Å². The van der Waals surface area contributed by atoms with Gasteiger partial charge in [-0.05, 0) is 73.2 Å². The number of carboxylic acid groups (broad SMARTS) is 1. The molecule has 2 aromatic carbocycles. The van der Waals surface area contributed by atoms with Crippen LogP contribution in [-0.4, -0.2) is 26.3 Å². The van der Waals surface area contributed by atoms with Crippen LogP contribution >= 0.6 is 0 Å². The molecule has 0 aliphatic heterocycles. The number of pyridine rings is 1. The number of benzene rings is 2. The second-order valence-corrected chi connectivity index (χ2v) is 6.48. The monoisotopic (exact) mass is 363 g/mol. The zero-order valence-electron chi connectivity index (χ0n) is 14.8. The maximum atomic E-state index is 10.9. The summed E-state index contributed by atoms with van der Waals surface area (Å²) in [6.45, 7) is 0. The van der Waals surface area contributed by atoms with Gasteiger partial charge in [0, 0.05) is 17.5 Å². The van der Waals surface area contributed by atoms with E-state index in [1.54, 1.807) is 24.3 Å². The number of aromatic nitrogens is 1. The Morgan fingerprint density at radius 3 is 1.85 bits per heavy atom. The molecule has 5 heteroatoms. The Kier molecular flexibility index (Phi) is 5.71. The minimum absolute atomic E-state index is 0.0561. The number of aromatic carboxylic acids is 1. The minimum Gasteiger partial charge on any atom is -0.508 e. The zero-order chi connectivity index (χ0) is 19.2. The summed E-state index contributed by atoms with van der Waals surface area (Å²) in [6.07, 6.45) is 2.95. The van der Waals surface area contributed by atoms with Gasteiger partial charge in [0.25, 0.3) is 0 Å². The average Bonchev–Trinajstić information content (AvgIpc) is 2.65. The first-order valence-corrected chi connectivity index (χ1v) is 8.78. The number of hydrogen-bond donors (Lipinski definition) is 3. The molecule has 0 atom stereocenters. The van der Waals surface area contributed by atoms with E-state index < -0.39 is 5.97 Å². The number of hydrogen-bond acceptors (Lipinski definition) is 4. The molecule has 138 valence electrons. The van der Waals surface area contributed by atoms with Crippen LogP contribution in [0.3, 0.4) is 0 Å². The van der Waals surface area contributed by atoms with Gasteiger partial charge in [0.2, 0.25) is 0 Å². The number of nitrogens with zero attached hydrogens (tertiary/aromatic N) is 1. The predicted octanol–water partition coefficient (Wildman–Crippen LogP) is 3.76. The van der Waals surface area contributed by atoms with Crippen LogP contribution < -0.4 is 0 Å². The van der Waals surface area contributed by atoms with E-state index in [2.05, 4.69) is 4.98 Å². The van der Waals surface area contributed by atoms with Gasteiger partial charge in [-0.3, -0.25) is 4.98 Å². The molecule has 0 saturated carbocycles. The van der Waals surface area contributed by atoms with Crippen molar-refractivity contribution in [3.63, 3.8) is 0 Å². The largest absolute Gasteiger partial charge is 0.508 e. The van der Waals surface area contributed by atoms with E-state index in [-0.39, 0.29) is 17.1 Å². The first-order chi connectivity index (χ1) is 13.0. The quantitative estimate of drug-likeness (QED) is 0.594. The number of carbonyl (C=O) groups is 1. The van der Waals surface area contributed by atoms with Crippen LogP contribution in [0.15, 0.2) is 60.7 Å². The normalized spacial score (nSPS) is 10.7. The summed E-state index contributed by atoms with van der Waals surface area (Å²) in [6, 6.07) is 17.4. The highest BCUT2D eigenvalue weighted by Gasteiger charge is 2.05. The van der Waals surface area contributed by atoms with Crippen LogP contribution in [0.5, 0.6) is 11.5 Å². The Morgan fingerprint density at radius 2 is 1.30 bits per heavy atom. The lowest BCUT2D eigenvalue weighted by Gasteiger charge is -2.07. The van der Waals surface area contributed by atoms with Crippen molar-refractivity contribution >= 4 is 5.97 Å². The van der Waals surface area contributed by atoms with E-state index in [4.69, 9.17) is 5.11 Å². The molecule has 3 rings (SSSR count). The maximum absolute atomic E-state index is 10.9. The lowest BCUT2D eigenvalue weighted by molar-refractivity contribution is 0.0697. The second kappa shape index (κ2) is 8.36. The summed E-state index contributed by atoms with van der Waals surface area (Å²) in [5, 5.41) is 28.0. The van der Waals surface area contributed by atoms with E-state index in [0.29, 0.717) is 12.8 Å². The molecular formula is C22H21NO4. The molecule has 0 radical (unpaired) electrons. The van der Waals surface area contributed by atoms with E-state index in [9.17, 15) is 15.0 Å². The molecule has 0 fully saturated rings. The first-order valence-electron chi connectivity index (χ1n) is 8.78. The molecule has 5 nitrogen and oxygen atoms in total. The van der Waals surface area contributed by atoms with Gasteiger partial charge in [0.15, 0.2) is 0 Å². The summed E-state index contributed by atoms with van der Waals surface area (Å²) in [7, 11) is 0. The van der Waals surface area contributed by atoms with Crippen LogP contribution in [0.4, 0.5) is 0 Å². The zero-order valence-corrected chi connectivity index (χ0v) is 14.8. The molecule has 0 unspecified atom stereocenters. The number of phenols is 2. The smallest absolute Gasteiger partial charge is 0.335 e. The number of aromatic hydroxyl groups is 2. The molecule has 1 aromatic heterocycles. The SMILES string of the molecule is O=C(O)c1ccc(CCc2cccc(CCc3cc(O)cc(O)c3)n2)cc1. The highest BCUT2D eigenvalue weighted by molar-refractivity contribution is 5.87. The van der Waals surface area contributed by atoms with Crippen molar-refractivity contribution in [3.8, 4) is 11.5 Å². The molecule has 1 heterocycles. The molecule has 0 amide bonds. The van der Waals surface area contributed by atoms with Gasteiger partial charge in [0.05, 0.1) is 5.56 Å². The van der Waals surface area contributed by atoms with Gasteiger partial charge in [0.1, 0.15) is 11.5 Å². The summed E-state index contributed by atoms with van der Waals surface area (Å²) in [4.78, 5) is 15.6. The van der Waals surface area contributed by atoms with Gasteiger partial charge < -0.3 is 15.3 Å². The van der Waals surface area contributed by atoms with Gasteiger partial charge in [-0.2, -0.15) is 0 Å². The lowest BCUT2D eigenvalue weighted by atomic mass is 10.0.